The number of ether oxygens (including phenoxy) is 1. The van der Waals surface area contributed by atoms with Crippen LogP contribution < -0.4 is 0 Å². The smallest absolute Gasteiger partial charge is 0.327 e. The molecule has 0 radical (unpaired) electrons. The first-order chi connectivity index (χ1) is 7.40. The normalized spacial score (nSPS) is 18.7. The van der Waals surface area contributed by atoms with Crippen molar-refractivity contribution < 1.29 is 14.3 Å². The van der Waals surface area contributed by atoms with E-state index < -0.39 is 11.9 Å². The van der Waals surface area contributed by atoms with Gasteiger partial charge in [-0.3, -0.25) is 14.5 Å². The summed E-state index contributed by atoms with van der Waals surface area (Å²) in [5.74, 6) is 0.741. The molecule has 1 aliphatic rings. The summed E-state index contributed by atoms with van der Waals surface area (Å²) in [4.78, 5) is 24.1. The molecule has 4 heteroatoms. The van der Waals surface area contributed by atoms with Gasteiger partial charge in [0.2, 0.25) is 0 Å². The molecule has 0 bridgehead atoms. The minimum absolute atomic E-state index is 0.238. The van der Waals surface area contributed by atoms with E-state index in [1.54, 1.807) is 0 Å². The molecule has 0 N–H and O–H groups in total. The second kappa shape index (κ2) is 5.43. The highest BCUT2D eigenvalue weighted by molar-refractivity contribution is 5.90. The highest BCUT2D eigenvalue weighted by atomic mass is 16.6. The Bertz CT molecular complexity index is 249. The summed E-state index contributed by atoms with van der Waals surface area (Å²) in [5, 5.41) is 0. The quantitative estimate of drug-likeness (QED) is 0.536. The molecule has 4 nitrogen and oxygen atoms in total. The maximum absolute atomic E-state index is 11.1. The number of hydrogen-bond donors (Lipinski definition) is 0. The fourth-order valence-electron chi connectivity index (χ4n) is 2.23. The standard InChI is InChI=1S/C12H21NO3/c1-8(2)10(9(3)4)5-13-6-11(14)16-12(15)7-13/h8-10H,5-7H2,1-4H3. The molecule has 1 saturated heterocycles. The highest BCUT2D eigenvalue weighted by Gasteiger charge is 2.28. The molecular formula is C12H21NO3. The second-order valence-corrected chi connectivity index (χ2v) is 5.17. The Morgan fingerprint density at radius 1 is 1.06 bits per heavy atom. The Balaban J connectivity index is 2.57. The summed E-state index contributed by atoms with van der Waals surface area (Å²) < 4.78 is 4.50. The Kier molecular flexibility index (Phi) is 4.47. The largest absolute Gasteiger partial charge is 0.391 e. The van der Waals surface area contributed by atoms with E-state index in [0.29, 0.717) is 17.8 Å². The third-order valence-electron chi connectivity index (χ3n) is 3.11. The van der Waals surface area contributed by atoms with E-state index in [4.69, 9.17) is 0 Å². The Morgan fingerprint density at radius 3 is 1.88 bits per heavy atom. The molecule has 0 unspecified atom stereocenters. The molecule has 1 heterocycles. The predicted molar refractivity (Wildman–Crippen MR) is 60.7 cm³/mol. The van der Waals surface area contributed by atoms with Crippen LogP contribution in [0.1, 0.15) is 27.7 Å². The number of cyclic esters (lactones) is 2. The van der Waals surface area contributed by atoms with Gasteiger partial charge < -0.3 is 4.74 Å². The molecule has 1 rings (SSSR count). The molecular weight excluding hydrogens is 206 g/mol. The maximum atomic E-state index is 11.1. The van der Waals surface area contributed by atoms with E-state index in [1.165, 1.54) is 0 Å². The van der Waals surface area contributed by atoms with Crippen LogP contribution >= 0.6 is 0 Å². The average Bonchev–Trinajstić information content (AvgIpc) is 2.11. The first-order valence-corrected chi connectivity index (χ1v) is 5.86. The molecule has 0 atom stereocenters. The topological polar surface area (TPSA) is 46.6 Å². The van der Waals surface area contributed by atoms with Crippen LogP contribution in [0.25, 0.3) is 0 Å². The van der Waals surface area contributed by atoms with Crippen molar-refractivity contribution >= 4 is 11.9 Å². The maximum Gasteiger partial charge on any atom is 0.327 e. The lowest BCUT2D eigenvalue weighted by atomic mass is 9.85. The summed E-state index contributed by atoms with van der Waals surface area (Å²) in [6, 6.07) is 0. The van der Waals surface area contributed by atoms with Gasteiger partial charge in [0.1, 0.15) is 0 Å². The van der Waals surface area contributed by atoms with Crippen molar-refractivity contribution in [2.45, 2.75) is 27.7 Å². The molecule has 0 aliphatic carbocycles. The van der Waals surface area contributed by atoms with Crippen LogP contribution in [0.2, 0.25) is 0 Å². The number of morpholine rings is 1. The van der Waals surface area contributed by atoms with Crippen LogP contribution in [0.3, 0.4) is 0 Å². The van der Waals surface area contributed by atoms with Gasteiger partial charge in [-0.25, -0.2) is 0 Å². The van der Waals surface area contributed by atoms with E-state index in [9.17, 15) is 9.59 Å². The van der Waals surface area contributed by atoms with E-state index in [2.05, 4.69) is 32.4 Å². The zero-order valence-corrected chi connectivity index (χ0v) is 10.5. The van der Waals surface area contributed by atoms with Crippen molar-refractivity contribution in [3.05, 3.63) is 0 Å². The molecule has 0 spiro atoms. The summed E-state index contributed by atoms with van der Waals surface area (Å²) in [5.41, 5.74) is 0. The number of rotatable bonds is 4. The van der Waals surface area contributed by atoms with Gasteiger partial charge in [-0.1, -0.05) is 27.7 Å². The number of carbonyl (C=O) groups is 2. The van der Waals surface area contributed by atoms with Gasteiger partial charge in [0, 0.05) is 6.54 Å². The fourth-order valence-corrected chi connectivity index (χ4v) is 2.23. The van der Waals surface area contributed by atoms with Crippen molar-refractivity contribution in [3.63, 3.8) is 0 Å². The Morgan fingerprint density at radius 2 is 1.50 bits per heavy atom. The molecule has 0 saturated carbocycles. The van der Waals surface area contributed by atoms with Crippen molar-refractivity contribution in [3.8, 4) is 0 Å². The lowest BCUT2D eigenvalue weighted by Gasteiger charge is -2.32. The number of hydrogen-bond acceptors (Lipinski definition) is 4. The van der Waals surface area contributed by atoms with Crippen molar-refractivity contribution in [2.24, 2.45) is 17.8 Å². The second-order valence-electron chi connectivity index (χ2n) is 5.17. The minimum Gasteiger partial charge on any atom is -0.391 e. The van der Waals surface area contributed by atoms with E-state index >= 15 is 0 Å². The predicted octanol–water partition coefficient (Wildman–Crippen LogP) is 1.30. The number of nitrogens with zero attached hydrogens (tertiary/aromatic N) is 1. The minimum atomic E-state index is -0.428. The third-order valence-corrected chi connectivity index (χ3v) is 3.11. The van der Waals surface area contributed by atoms with Gasteiger partial charge >= 0.3 is 11.9 Å². The zero-order chi connectivity index (χ0) is 12.3. The van der Waals surface area contributed by atoms with Crippen molar-refractivity contribution in [1.29, 1.82) is 0 Å². The summed E-state index contributed by atoms with van der Waals surface area (Å²) in [6.45, 7) is 9.96. The molecule has 0 amide bonds. The first kappa shape index (κ1) is 13.2. The molecule has 92 valence electrons. The summed E-state index contributed by atoms with van der Waals surface area (Å²) in [6.07, 6.45) is 0. The van der Waals surface area contributed by atoms with Crippen LogP contribution in [0.4, 0.5) is 0 Å². The average molecular weight is 227 g/mol. The van der Waals surface area contributed by atoms with Gasteiger partial charge in [-0.2, -0.15) is 0 Å². The monoisotopic (exact) mass is 227 g/mol. The molecule has 0 aromatic rings. The van der Waals surface area contributed by atoms with Gasteiger partial charge in [-0.05, 0) is 17.8 Å². The SMILES string of the molecule is CC(C)C(CN1CC(=O)OC(=O)C1)C(C)C. The van der Waals surface area contributed by atoms with E-state index in [0.717, 1.165) is 6.54 Å². The summed E-state index contributed by atoms with van der Waals surface area (Å²) in [7, 11) is 0. The Hall–Kier alpha value is -0.900. The zero-order valence-electron chi connectivity index (χ0n) is 10.5. The lowest BCUT2D eigenvalue weighted by Crippen LogP contribution is -2.46. The van der Waals surface area contributed by atoms with Crippen LogP contribution in [0, 0.1) is 17.8 Å². The van der Waals surface area contributed by atoms with Crippen LogP contribution in [-0.4, -0.2) is 36.5 Å². The molecule has 1 fully saturated rings. The third kappa shape index (κ3) is 3.59. The summed E-state index contributed by atoms with van der Waals surface area (Å²) >= 11 is 0. The first-order valence-electron chi connectivity index (χ1n) is 5.86. The van der Waals surface area contributed by atoms with Gasteiger partial charge in [0.25, 0.3) is 0 Å². The molecule has 0 aromatic carbocycles. The lowest BCUT2D eigenvalue weighted by molar-refractivity contribution is -0.167. The van der Waals surface area contributed by atoms with E-state index in [1.807, 2.05) is 4.90 Å². The molecule has 0 aromatic heterocycles. The number of esters is 2. The van der Waals surface area contributed by atoms with Gasteiger partial charge in [0.05, 0.1) is 13.1 Å². The number of carbonyl (C=O) groups excluding carboxylic acids is 2. The molecule has 16 heavy (non-hydrogen) atoms. The van der Waals surface area contributed by atoms with Crippen LogP contribution in [0.5, 0.6) is 0 Å². The molecule has 1 aliphatic heterocycles. The van der Waals surface area contributed by atoms with Crippen molar-refractivity contribution in [2.75, 3.05) is 19.6 Å². The van der Waals surface area contributed by atoms with Crippen LogP contribution in [0.15, 0.2) is 0 Å². The van der Waals surface area contributed by atoms with Crippen molar-refractivity contribution in [1.82, 2.24) is 4.90 Å². The fraction of sp³-hybridized carbons (Fsp3) is 0.833. The Labute approximate surface area is 96.9 Å². The van der Waals surface area contributed by atoms with Gasteiger partial charge in [0.15, 0.2) is 0 Å². The van der Waals surface area contributed by atoms with Gasteiger partial charge in [-0.15, -0.1) is 0 Å². The van der Waals surface area contributed by atoms with Crippen LogP contribution in [-0.2, 0) is 14.3 Å². The van der Waals surface area contributed by atoms with E-state index in [-0.39, 0.29) is 13.1 Å². The highest BCUT2D eigenvalue weighted by Crippen LogP contribution is 2.22.